The highest BCUT2D eigenvalue weighted by molar-refractivity contribution is 5.98. The molecule has 7 heteroatoms. The first-order valence-corrected chi connectivity index (χ1v) is 6.80. The normalized spacial score (nSPS) is 31.1. The minimum absolute atomic E-state index is 0.158. The Morgan fingerprint density at radius 3 is 2.76 bits per heavy atom. The van der Waals surface area contributed by atoms with Crippen LogP contribution in [0, 0.1) is 0 Å². The van der Waals surface area contributed by atoms with Gasteiger partial charge in [-0.25, -0.2) is 4.63 Å². The fourth-order valence-corrected chi connectivity index (χ4v) is 3.34. The van der Waals surface area contributed by atoms with Gasteiger partial charge in [0.1, 0.15) is 11.4 Å². The van der Waals surface area contributed by atoms with Gasteiger partial charge in [-0.3, -0.25) is 10.9 Å². The van der Waals surface area contributed by atoms with E-state index in [1.165, 1.54) is 0 Å². The molecule has 2 aromatic rings. The smallest absolute Gasteiger partial charge is 0.297 e. The van der Waals surface area contributed by atoms with Crippen molar-refractivity contribution in [1.82, 2.24) is 10.3 Å². The van der Waals surface area contributed by atoms with Gasteiger partial charge >= 0.3 is 0 Å². The number of fused-ring (bicyclic) bond motifs is 3. The summed E-state index contributed by atoms with van der Waals surface area (Å²) in [6.45, 7) is 0. The van der Waals surface area contributed by atoms with Crippen molar-refractivity contribution in [2.75, 3.05) is 0 Å². The zero-order valence-electron chi connectivity index (χ0n) is 11.2. The Labute approximate surface area is 120 Å². The van der Waals surface area contributed by atoms with Gasteiger partial charge in [-0.05, 0) is 16.9 Å². The lowest BCUT2D eigenvalue weighted by atomic mass is 9.75. The molecule has 0 bridgehead atoms. The molecule has 0 saturated carbocycles. The molecule has 4 N–H and O–H groups in total. The molecule has 4 rings (SSSR count). The van der Waals surface area contributed by atoms with Crippen molar-refractivity contribution in [3.63, 3.8) is 0 Å². The number of aryl methyl sites for hydroxylation is 1. The monoisotopic (exact) mass is 287 g/mol. The maximum atomic E-state index is 11.1. The average molecular weight is 287 g/mol. The molecule has 21 heavy (non-hydrogen) atoms. The Morgan fingerprint density at radius 2 is 2.00 bits per heavy atom. The molecule has 108 valence electrons. The summed E-state index contributed by atoms with van der Waals surface area (Å²) in [5, 5.41) is 29.3. The van der Waals surface area contributed by atoms with Crippen LogP contribution in [0.2, 0.25) is 0 Å². The van der Waals surface area contributed by atoms with Crippen LogP contribution in [0.5, 0.6) is 0 Å². The molecular formula is C14H15N4O3+. The Morgan fingerprint density at radius 1 is 1.24 bits per heavy atom. The highest BCUT2D eigenvalue weighted by Gasteiger charge is 2.70. The molecule has 2 atom stereocenters. The Balaban J connectivity index is 1.89. The van der Waals surface area contributed by atoms with E-state index in [1.54, 1.807) is 0 Å². The topological polar surface area (TPSA) is 108 Å². The van der Waals surface area contributed by atoms with E-state index < -0.39 is 11.3 Å². The van der Waals surface area contributed by atoms with Crippen molar-refractivity contribution >= 4 is 5.71 Å². The van der Waals surface area contributed by atoms with Gasteiger partial charge in [0.25, 0.3) is 5.66 Å². The molecular weight excluding hydrogens is 272 g/mol. The molecule has 1 aliphatic carbocycles. The van der Waals surface area contributed by atoms with Crippen molar-refractivity contribution in [2.24, 2.45) is 5.73 Å². The van der Waals surface area contributed by atoms with Crippen molar-refractivity contribution < 1.29 is 19.7 Å². The summed E-state index contributed by atoms with van der Waals surface area (Å²) in [6, 6.07) is 9.36. The quantitative estimate of drug-likeness (QED) is 0.509. The first-order valence-electron chi connectivity index (χ1n) is 6.80. The van der Waals surface area contributed by atoms with Gasteiger partial charge < -0.3 is 5.11 Å². The zero-order chi connectivity index (χ0) is 14.7. The van der Waals surface area contributed by atoms with Crippen LogP contribution in [-0.4, -0.2) is 36.7 Å². The first-order chi connectivity index (χ1) is 10.1. The number of rotatable bonds is 1. The lowest BCUT2D eigenvalue weighted by Crippen LogP contribution is -2.63. The van der Waals surface area contributed by atoms with Crippen LogP contribution in [0.4, 0.5) is 0 Å². The van der Waals surface area contributed by atoms with E-state index in [2.05, 4.69) is 10.3 Å². The molecule has 2 unspecified atom stereocenters. The van der Waals surface area contributed by atoms with E-state index in [0.29, 0.717) is 29.9 Å². The summed E-state index contributed by atoms with van der Waals surface area (Å²) in [6.07, 6.45) is 1.01. The van der Waals surface area contributed by atoms with Crippen LogP contribution >= 0.6 is 0 Å². The highest BCUT2D eigenvalue weighted by atomic mass is 16.6. The molecule has 0 amide bonds. The number of aliphatic hydroxyl groups is 1. The Kier molecular flexibility index (Phi) is 2.32. The summed E-state index contributed by atoms with van der Waals surface area (Å²) in [4.78, 5) is 0. The fraction of sp³-hybridized carbons (Fsp3) is 0.357. The summed E-state index contributed by atoms with van der Waals surface area (Å²) in [7, 11) is 0. The second-order valence-electron chi connectivity index (χ2n) is 5.65. The van der Waals surface area contributed by atoms with E-state index in [9.17, 15) is 10.3 Å². The van der Waals surface area contributed by atoms with Gasteiger partial charge in [0.2, 0.25) is 11.3 Å². The van der Waals surface area contributed by atoms with E-state index >= 15 is 0 Å². The van der Waals surface area contributed by atoms with E-state index in [-0.39, 0.29) is 6.42 Å². The predicted octanol–water partition coefficient (Wildman–Crippen LogP) is 0.153. The molecule has 2 aliphatic rings. The fourth-order valence-electron chi connectivity index (χ4n) is 3.34. The van der Waals surface area contributed by atoms with Crippen molar-refractivity contribution in [1.29, 1.82) is 0 Å². The summed E-state index contributed by atoms with van der Waals surface area (Å²) >= 11 is 0. The number of hydrogen-bond donors (Lipinski definition) is 3. The molecule has 1 aliphatic heterocycles. The molecule has 0 fully saturated rings. The van der Waals surface area contributed by atoms with Crippen LogP contribution in [-0.2, 0) is 12.0 Å². The Hall–Kier alpha value is -2.25. The lowest BCUT2D eigenvalue weighted by molar-refractivity contribution is -0.831. The van der Waals surface area contributed by atoms with Gasteiger partial charge in [0.05, 0.1) is 6.42 Å². The highest BCUT2D eigenvalue weighted by Crippen LogP contribution is 2.46. The third-order valence-corrected chi connectivity index (χ3v) is 4.57. The van der Waals surface area contributed by atoms with E-state index in [4.69, 9.17) is 10.4 Å². The molecule has 2 heterocycles. The number of hydroxylamine groups is 1. The number of benzene rings is 1. The standard InChI is InChI=1S/C14H15N4O3/c15-14-7-6-10-12(17-21-16-10)13(14,19)8-11(18(14)20)9-4-2-1-3-5-9/h1-5,19-20H,6-8,15H2/q+1. The van der Waals surface area contributed by atoms with E-state index in [0.717, 1.165) is 10.3 Å². The molecule has 1 aromatic heterocycles. The van der Waals surface area contributed by atoms with Crippen molar-refractivity contribution in [2.45, 2.75) is 30.5 Å². The molecule has 7 nitrogen and oxygen atoms in total. The largest absolute Gasteiger partial charge is 0.375 e. The number of nitrogens with zero attached hydrogens (tertiary/aromatic N) is 3. The molecule has 0 spiro atoms. The molecule has 0 radical (unpaired) electrons. The lowest BCUT2D eigenvalue weighted by Gasteiger charge is -2.34. The van der Waals surface area contributed by atoms with Crippen LogP contribution in [0.3, 0.4) is 0 Å². The minimum atomic E-state index is -1.51. The van der Waals surface area contributed by atoms with Crippen LogP contribution in [0.1, 0.15) is 29.8 Å². The van der Waals surface area contributed by atoms with Gasteiger partial charge in [-0.15, -0.1) is 0 Å². The van der Waals surface area contributed by atoms with Gasteiger partial charge in [0, 0.05) is 18.4 Å². The SMILES string of the molecule is NC12CCc3nonc3C1(O)CC(c1ccccc1)=[N+]2O. The zero-order valence-corrected chi connectivity index (χ0v) is 11.2. The predicted molar refractivity (Wildman–Crippen MR) is 70.6 cm³/mol. The minimum Gasteiger partial charge on any atom is -0.375 e. The Bertz CT molecular complexity index is 742. The molecule has 1 aromatic carbocycles. The van der Waals surface area contributed by atoms with Gasteiger partial charge in [-0.1, -0.05) is 28.5 Å². The summed E-state index contributed by atoms with van der Waals surface area (Å²) in [5.41, 5.74) is 5.79. The third kappa shape index (κ3) is 1.42. The van der Waals surface area contributed by atoms with Crippen molar-refractivity contribution in [3.8, 4) is 0 Å². The van der Waals surface area contributed by atoms with Crippen LogP contribution in [0.15, 0.2) is 35.0 Å². The number of hydrogen-bond acceptors (Lipinski definition) is 6. The maximum absolute atomic E-state index is 11.1. The van der Waals surface area contributed by atoms with Crippen LogP contribution < -0.4 is 5.73 Å². The van der Waals surface area contributed by atoms with Gasteiger partial charge in [0.15, 0.2) is 0 Å². The van der Waals surface area contributed by atoms with Crippen molar-refractivity contribution in [3.05, 3.63) is 47.3 Å². The first kappa shape index (κ1) is 12.5. The summed E-state index contributed by atoms with van der Waals surface area (Å²) in [5.74, 6) is 0. The number of aromatic nitrogens is 2. The average Bonchev–Trinajstić information content (AvgIpc) is 3.05. The van der Waals surface area contributed by atoms with Crippen LogP contribution in [0.25, 0.3) is 0 Å². The second kappa shape index (κ2) is 3.90. The second-order valence-corrected chi connectivity index (χ2v) is 5.65. The van der Waals surface area contributed by atoms with E-state index in [1.807, 2.05) is 30.3 Å². The number of nitrogens with two attached hydrogens (primary N) is 1. The molecule has 0 saturated heterocycles. The van der Waals surface area contributed by atoms with Gasteiger partial charge in [-0.2, -0.15) is 0 Å². The third-order valence-electron chi connectivity index (χ3n) is 4.57. The maximum Gasteiger partial charge on any atom is 0.297 e. The summed E-state index contributed by atoms with van der Waals surface area (Å²) < 4.78 is 5.72.